The number of anilines is 1. The van der Waals surface area contributed by atoms with Gasteiger partial charge in [-0.15, -0.1) is 5.10 Å². The van der Waals surface area contributed by atoms with E-state index in [1.54, 1.807) is 29.8 Å². The van der Waals surface area contributed by atoms with Gasteiger partial charge >= 0.3 is 35.6 Å². The maximum absolute atomic E-state index is 11.8. The molecular formula is C16H13N4NaO3S. The molecule has 9 heteroatoms. The van der Waals surface area contributed by atoms with Crippen molar-refractivity contribution in [2.24, 2.45) is 12.1 Å². The van der Waals surface area contributed by atoms with E-state index in [2.05, 4.69) is 15.8 Å². The maximum Gasteiger partial charge on any atom is 1.00 e. The fourth-order valence-electron chi connectivity index (χ4n) is 2.15. The van der Waals surface area contributed by atoms with Crippen LogP contribution in [0.5, 0.6) is 0 Å². The van der Waals surface area contributed by atoms with Crippen molar-refractivity contribution in [3.8, 4) is 0 Å². The van der Waals surface area contributed by atoms with Gasteiger partial charge in [0.2, 0.25) is 4.80 Å². The van der Waals surface area contributed by atoms with Crippen LogP contribution in [0.3, 0.4) is 0 Å². The van der Waals surface area contributed by atoms with Gasteiger partial charge in [-0.1, -0.05) is 35.6 Å². The molecule has 0 unspecified atom stereocenters. The molecule has 2 aromatic carbocycles. The fourth-order valence-corrected chi connectivity index (χ4v) is 3.17. The Morgan fingerprint density at radius 2 is 1.88 bits per heavy atom. The van der Waals surface area contributed by atoms with Gasteiger partial charge in [0, 0.05) is 12.7 Å². The molecule has 7 nitrogen and oxygen atoms in total. The van der Waals surface area contributed by atoms with Gasteiger partial charge in [-0.25, -0.2) is 10.2 Å². The number of aromatic nitrogens is 1. The molecule has 0 aliphatic heterocycles. The van der Waals surface area contributed by atoms with Gasteiger partial charge in [0.05, 0.1) is 16.2 Å². The summed E-state index contributed by atoms with van der Waals surface area (Å²) in [6.45, 7) is 0. The summed E-state index contributed by atoms with van der Waals surface area (Å²) in [5.74, 6) is -1.23. The third-order valence-corrected chi connectivity index (χ3v) is 4.42. The van der Waals surface area contributed by atoms with Gasteiger partial charge in [-0.2, -0.15) is 0 Å². The Bertz CT molecular complexity index is 982. The first-order valence-electron chi connectivity index (χ1n) is 7.01. The molecule has 0 spiro atoms. The van der Waals surface area contributed by atoms with Crippen LogP contribution in [0.2, 0.25) is 0 Å². The molecule has 0 saturated carbocycles. The molecule has 0 saturated heterocycles. The second-order valence-corrected chi connectivity index (χ2v) is 5.97. The predicted octanol–water partition coefficient (Wildman–Crippen LogP) is -1.76. The number of rotatable bonds is 3. The smallest absolute Gasteiger partial charge is 0.545 e. The van der Waals surface area contributed by atoms with Crippen molar-refractivity contribution in [1.29, 1.82) is 0 Å². The minimum Gasteiger partial charge on any atom is -0.545 e. The van der Waals surface area contributed by atoms with Crippen LogP contribution < -0.4 is 50.2 Å². The number of carbonyl (C=O) groups is 2. The summed E-state index contributed by atoms with van der Waals surface area (Å²) in [5.41, 5.74) is 4.00. The van der Waals surface area contributed by atoms with Crippen LogP contribution in [-0.4, -0.2) is 16.6 Å². The summed E-state index contributed by atoms with van der Waals surface area (Å²) in [5, 5.41) is 17.6. The monoisotopic (exact) mass is 364 g/mol. The van der Waals surface area contributed by atoms with E-state index >= 15 is 0 Å². The van der Waals surface area contributed by atoms with E-state index < -0.39 is 12.0 Å². The van der Waals surface area contributed by atoms with Crippen LogP contribution in [0, 0.1) is 0 Å². The maximum atomic E-state index is 11.8. The van der Waals surface area contributed by atoms with Crippen LogP contribution in [0.15, 0.2) is 53.6 Å². The number of thiazole rings is 1. The SMILES string of the molecule is Cn1/c(=N/NC(=O)Nc2ccccc2)sc2cc(C(=O)[O-])ccc21.[Na+]. The molecule has 122 valence electrons. The Labute approximate surface area is 169 Å². The molecule has 0 fully saturated rings. The van der Waals surface area contributed by atoms with Crippen molar-refractivity contribution >= 4 is 39.2 Å². The van der Waals surface area contributed by atoms with Crippen LogP contribution >= 0.6 is 11.3 Å². The molecule has 0 atom stereocenters. The van der Waals surface area contributed by atoms with Crippen LogP contribution in [0.25, 0.3) is 10.2 Å². The number of fused-ring (bicyclic) bond motifs is 1. The average molecular weight is 364 g/mol. The predicted molar refractivity (Wildman–Crippen MR) is 89.3 cm³/mol. The average Bonchev–Trinajstić information content (AvgIpc) is 2.89. The fraction of sp³-hybridized carbons (Fsp3) is 0.0625. The Morgan fingerprint density at radius 3 is 2.56 bits per heavy atom. The summed E-state index contributed by atoms with van der Waals surface area (Å²) in [6.07, 6.45) is 0. The summed E-state index contributed by atoms with van der Waals surface area (Å²) in [4.78, 5) is 23.3. The first-order chi connectivity index (χ1) is 11.5. The van der Waals surface area contributed by atoms with Crippen molar-refractivity contribution in [3.63, 3.8) is 0 Å². The van der Waals surface area contributed by atoms with Crippen molar-refractivity contribution in [2.75, 3.05) is 5.32 Å². The molecule has 2 amide bonds. The van der Waals surface area contributed by atoms with Crippen molar-refractivity contribution in [1.82, 2.24) is 9.99 Å². The number of aryl methyl sites for hydroxylation is 1. The molecule has 2 N–H and O–H groups in total. The van der Waals surface area contributed by atoms with E-state index in [0.29, 0.717) is 10.5 Å². The molecule has 0 bridgehead atoms. The second kappa shape index (κ2) is 8.30. The molecule has 25 heavy (non-hydrogen) atoms. The number of hydrogen-bond donors (Lipinski definition) is 2. The van der Waals surface area contributed by atoms with Gasteiger partial charge < -0.3 is 19.8 Å². The Morgan fingerprint density at radius 1 is 1.16 bits per heavy atom. The zero-order chi connectivity index (χ0) is 17.1. The number of carboxylic acids is 1. The van der Waals surface area contributed by atoms with E-state index in [1.165, 1.54) is 23.5 Å². The van der Waals surface area contributed by atoms with E-state index in [1.807, 2.05) is 18.2 Å². The van der Waals surface area contributed by atoms with Gasteiger partial charge in [0.25, 0.3) is 0 Å². The number of aromatic carboxylic acids is 1. The third-order valence-electron chi connectivity index (χ3n) is 3.33. The van der Waals surface area contributed by atoms with Gasteiger partial charge in [-0.3, -0.25) is 0 Å². The number of para-hydroxylation sites is 1. The Balaban J connectivity index is 0.00000225. The quantitative estimate of drug-likeness (QED) is 0.426. The second-order valence-electron chi connectivity index (χ2n) is 4.96. The molecule has 3 aromatic rings. The number of nitrogens with zero attached hydrogens (tertiary/aromatic N) is 2. The number of hydrogen-bond acceptors (Lipinski definition) is 5. The van der Waals surface area contributed by atoms with E-state index in [0.717, 1.165) is 10.2 Å². The zero-order valence-electron chi connectivity index (χ0n) is 13.6. The van der Waals surface area contributed by atoms with Crippen molar-refractivity contribution in [3.05, 3.63) is 58.9 Å². The normalized spacial score (nSPS) is 11.0. The van der Waals surface area contributed by atoms with Gasteiger partial charge in [-0.05, 0) is 29.8 Å². The number of carboxylic acid groups (broad SMARTS) is 1. The molecule has 0 radical (unpaired) electrons. The topological polar surface area (TPSA) is 98.6 Å². The van der Waals surface area contributed by atoms with Crippen LogP contribution in [-0.2, 0) is 7.05 Å². The zero-order valence-corrected chi connectivity index (χ0v) is 16.5. The van der Waals surface area contributed by atoms with Crippen LogP contribution in [0.4, 0.5) is 10.5 Å². The Hall–Kier alpha value is -2.13. The van der Waals surface area contributed by atoms with E-state index in [-0.39, 0.29) is 35.1 Å². The van der Waals surface area contributed by atoms with Gasteiger partial charge in [0.15, 0.2) is 0 Å². The summed E-state index contributed by atoms with van der Waals surface area (Å²) < 4.78 is 2.50. The first kappa shape index (κ1) is 19.2. The molecule has 1 aromatic heterocycles. The third kappa shape index (κ3) is 4.49. The molecule has 0 aliphatic rings. The minimum absolute atomic E-state index is 0. The van der Waals surface area contributed by atoms with Crippen molar-refractivity contribution < 1.29 is 44.3 Å². The summed E-state index contributed by atoms with van der Waals surface area (Å²) in [7, 11) is 1.78. The number of urea groups is 1. The molecular weight excluding hydrogens is 351 g/mol. The molecule has 1 heterocycles. The number of benzene rings is 2. The number of nitrogens with one attached hydrogen (secondary N) is 2. The number of amides is 2. The molecule has 3 rings (SSSR count). The van der Waals surface area contributed by atoms with E-state index in [4.69, 9.17) is 0 Å². The van der Waals surface area contributed by atoms with Gasteiger partial charge in [0.1, 0.15) is 0 Å². The van der Waals surface area contributed by atoms with Crippen LogP contribution in [0.1, 0.15) is 10.4 Å². The standard InChI is InChI=1S/C16H14N4O3S.Na/c1-20-12-8-7-10(14(21)22)9-13(12)24-16(20)19-18-15(23)17-11-5-3-2-4-6-11;/h2-9H,1H3,(H,21,22)(H2,17,18,23);/q;+1/p-1/b19-16-;. The largest absolute Gasteiger partial charge is 1.00 e. The molecule has 0 aliphatic carbocycles. The summed E-state index contributed by atoms with van der Waals surface area (Å²) >= 11 is 1.27. The Kier molecular flexibility index (Phi) is 6.38. The summed E-state index contributed by atoms with van der Waals surface area (Å²) in [6, 6.07) is 13.2. The van der Waals surface area contributed by atoms with E-state index in [9.17, 15) is 14.7 Å². The minimum atomic E-state index is -1.23. The number of carbonyl (C=O) groups excluding carboxylic acids is 2. The first-order valence-corrected chi connectivity index (χ1v) is 7.83. The van der Waals surface area contributed by atoms with Crippen molar-refractivity contribution in [2.45, 2.75) is 0 Å².